The van der Waals surface area contributed by atoms with E-state index in [1.807, 2.05) is 35.0 Å². The molecule has 0 fully saturated rings. The van der Waals surface area contributed by atoms with Gasteiger partial charge in [0, 0.05) is 28.7 Å². The number of hydrogen-bond acceptors (Lipinski definition) is 3. The molecule has 2 aromatic heterocycles. The van der Waals surface area contributed by atoms with Crippen LogP contribution in [0.2, 0.25) is 0 Å². The summed E-state index contributed by atoms with van der Waals surface area (Å²) in [5.74, 6) is 0.395. The number of aromatic nitrogens is 2. The van der Waals surface area contributed by atoms with E-state index < -0.39 is 0 Å². The maximum absolute atomic E-state index is 12.9. The van der Waals surface area contributed by atoms with Gasteiger partial charge in [0.25, 0.3) is 0 Å². The van der Waals surface area contributed by atoms with Crippen molar-refractivity contribution < 1.29 is 4.39 Å². The van der Waals surface area contributed by atoms with Gasteiger partial charge in [-0.2, -0.15) is 0 Å². The van der Waals surface area contributed by atoms with Crippen LogP contribution >= 0.6 is 11.8 Å². The summed E-state index contributed by atoms with van der Waals surface area (Å²) in [6, 6.07) is 10.3. The van der Waals surface area contributed by atoms with Crippen molar-refractivity contribution in [2.24, 2.45) is 0 Å². The van der Waals surface area contributed by atoms with E-state index in [0.29, 0.717) is 11.4 Å². The largest absolute Gasteiger partial charge is 0.398 e. The van der Waals surface area contributed by atoms with Crippen molar-refractivity contribution in [3.05, 3.63) is 60.3 Å². The first-order valence-electron chi connectivity index (χ1n) is 5.83. The van der Waals surface area contributed by atoms with Crippen LogP contribution in [0.5, 0.6) is 0 Å². The van der Waals surface area contributed by atoms with Gasteiger partial charge in [0.2, 0.25) is 0 Å². The van der Waals surface area contributed by atoms with Crippen LogP contribution < -0.4 is 5.73 Å². The number of rotatable bonds is 3. The van der Waals surface area contributed by atoms with E-state index in [2.05, 4.69) is 4.98 Å². The van der Waals surface area contributed by atoms with E-state index in [0.717, 1.165) is 16.2 Å². The van der Waals surface area contributed by atoms with Gasteiger partial charge in [-0.1, -0.05) is 6.07 Å². The van der Waals surface area contributed by atoms with Crippen LogP contribution in [0.25, 0.3) is 5.65 Å². The number of benzene rings is 1. The Kier molecular flexibility index (Phi) is 3.13. The maximum Gasteiger partial charge on any atom is 0.137 e. The summed E-state index contributed by atoms with van der Waals surface area (Å²) >= 11 is 1.56. The second-order valence-corrected chi connectivity index (χ2v) is 5.19. The lowest BCUT2D eigenvalue weighted by atomic mass is 10.3. The van der Waals surface area contributed by atoms with E-state index in [-0.39, 0.29) is 5.82 Å². The number of thioether (sulfide) groups is 1. The van der Waals surface area contributed by atoms with Crippen molar-refractivity contribution in [1.82, 2.24) is 9.38 Å². The summed E-state index contributed by atoms with van der Waals surface area (Å²) in [5.41, 5.74) is 8.13. The van der Waals surface area contributed by atoms with Crippen LogP contribution in [-0.2, 0) is 5.75 Å². The molecule has 2 N–H and O–H groups in total. The number of pyridine rings is 1. The normalized spacial score (nSPS) is 11.0. The molecule has 3 aromatic rings. The fourth-order valence-electron chi connectivity index (χ4n) is 1.86. The van der Waals surface area contributed by atoms with Crippen LogP contribution in [0.15, 0.2) is 53.7 Å². The van der Waals surface area contributed by atoms with Crippen LogP contribution in [0.1, 0.15) is 5.69 Å². The van der Waals surface area contributed by atoms with Gasteiger partial charge in [0.1, 0.15) is 11.5 Å². The third kappa shape index (κ3) is 2.56. The SMILES string of the molecule is Nc1cc(F)ccc1SCc1cn2ccccc2n1. The minimum absolute atomic E-state index is 0.311. The Morgan fingerprint density at radius 3 is 2.95 bits per heavy atom. The van der Waals surface area contributed by atoms with Crippen molar-refractivity contribution in [3.8, 4) is 0 Å². The van der Waals surface area contributed by atoms with E-state index in [1.54, 1.807) is 17.8 Å². The molecule has 3 nitrogen and oxygen atoms in total. The molecule has 1 aromatic carbocycles. The van der Waals surface area contributed by atoms with Gasteiger partial charge in [-0.15, -0.1) is 11.8 Å². The van der Waals surface area contributed by atoms with Crippen LogP contribution in [-0.4, -0.2) is 9.38 Å². The molecule has 96 valence electrons. The standard InChI is InChI=1S/C14H12FN3S/c15-10-4-5-13(12(16)7-10)19-9-11-8-18-6-2-1-3-14(18)17-11/h1-8H,9,16H2. The highest BCUT2D eigenvalue weighted by molar-refractivity contribution is 7.98. The summed E-state index contributed by atoms with van der Waals surface area (Å²) in [6.45, 7) is 0. The minimum Gasteiger partial charge on any atom is -0.398 e. The Labute approximate surface area is 114 Å². The molecule has 19 heavy (non-hydrogen) atoms. The molecule has 0 saturated heterocycles. The van der Waals surface area contributed by atoms with Crippen molar-refractivity contribution in [3.63, 3.8) is 0 Å². The molecule has 0 saturated carbocycles. The lowest BCUT2D eigenvalue weighted by Crippen LogP contribution is -1.90. The van der Waals surface area contributed by atoms with Crippen molar-refractivity contribution in [2.45, 2.75) is 10.6 Å². The fraction of sp³-hybridized carbons (Fsp3) is 0.0714. The van der Waals surface area contributed by atoms with Gasteiger partial charge in [-0.3, -0.25) is 0 Å². The van der Waals surface area contributed by atoms with Crippen molar-refractivity contribution in [1.29, 1.82) is 0 Å². The van der Waals surface area contributed by atoms with Gasteiger partial charge in [-0.25, -0.2) is 9.37 Å². The zero-order chi connectivity index (χ0) is 13.2. The molecule has 0 unspecified atom stereocenters. The zero-order valence-electron chi connectivity index (χ0n) is 10.1. The molecule has 0 bridgehead atoms. The number of imidazole rings is 1. The number of hydrogen-bond donors (Lipinski definition) is 1. The van der Waals surface area contributed by atoms with Crippen LogP contribution in [0.4, 0.5) is 10.1 Å². The van der Waals surface area contributed by atoms with E-state index in [1.165, 1.54) is 12.1 Å². The van der Waals surface area contributed by atoms with Crippen molar-refractivity contribution in [2.75, 3.05) is 5.73 Å². The van der Waals surface area contributed by atoms with Gasteiger partial charge in [0.05, 0.1) is 5.69 Å². The Morgan fingerprint density at radius 1 is 1.26 bits per heavy atom. The summed E-state index contributed by atoms with van der Waals surface area (Å²) < 4.78 is 14.9. The van der Waals surface area contributed by atoms with E-state index >= 15 is 0 Å². The molecule has 0 aliphatic heterocycles. The topological polar surface area (TPSA) is 43.3 Å². The second kappa shape index (κ2) is 4.93. The first-order chi connectivity index (χ1) is 9.22. The first kappa shape index (κ1) is 12.0. The molecule has 3 rings (SSSR count). The van der Waals surface area contributed by atoms with Crippen LogP contribution in [0, 0.1) is 5.82 Å². The lowest BCUT2D eigenvalue weighted by molar-refractivity contribution is 0.627. The number of nitrogen functional groups attached to an aromatic ring is 1. The number of nitrogens with zero attached hydrogens (tertiary/aromatic N) is 2. The molecule has 5 heteroatoms. The third-order valence-electron chi connectivity index (χ3n) is 2.76. The highest BCUT2D eigenvalue weighted by Crippen LogP contribution is 2.28. The molecule has 0 amide bonds. The Morgan fingerprint density at radius 2 is 2.16 bits per heavy atom. The first-order valence-corrected chi connectivity index (χ1v) is 6.81. The summed E-state index contributed by atoms with van der Waals surface area (Å²) in [4.78, 5) is 5.38. The predicted octanol–water partition coefficient (Wildman–Crippen LogP) is 3.35. The molecular weight excluding hydrogens is 261 g/mol. The highest BCUT2D eigenvalue weighted by Gasteiger charge is 2.05. The zero-order valence-corrected chi connectivity index (χ0v) is 10.9. The molecule has 0 spiro atoms. The molecular formula is C14H12FN3S. The third-order valence-corrected chi connectivity index (χ3v) is 3.88. The Balaban J connectivity index is 1.78. The average molecular weight is 273 g/mol. The Bertz CT molecular complexity index is 691. The second-order valence-electron chi connectivity index (χ2n) is 4.17. The summed E-state index contributed by atoms with van der Waals surface area (Å²) in [5, 5.41) is 0. The maximum atomic E-state index is 12.9. The van der Waals surface area contributed by atoms with Gasteiger partial charge in [-0.05, 0) is 30.3 Å². The molecule has 0 aliphatic rings. The van der Waals surface area contributed by atoms with Gasteiger partial charge >= 0.3 is 0 Å². The number of anilines is 1. The summed E-state index contributed by atoms with van der Waals surface area (Å²) in [7, 11) is 0. The number of fused-ring (bicyclic) bond motifs is 1. The molecule has 2 heterocycles. The quantitative estimate of drug-likeness (QED) is 0.588. The average Bonchev–Trinajstić information content (AvgIpc) is 2.80. The molecule has 0 atom stereocenters. The van der Waals surface area contributed by atoms with Gasteiger partial charge in [0.15, 0.2) is 0 Å². The molecule has 0 aliphatic carbocycles. The smallest absolute Gasteiger partial charge is 0.137 e. The van der Waals surface area contributed by atoms with Crippen LogP contribution in [0.3, 0.4) is 0 Å². The fourth-order valence-corrected chi connectivity index (χ4v) is 2.69. The van der Waals surface area contributed by atoms with Crippen molar-refractivity contribution >= 4 is 23.1 Å². The lowest BCUT2D eigenvalue weighted by Gasteiger charge is -2.03. The minimum atomic E-state index is -0.311. The highest BCUT2D eigenvalue weighted by atomic mass is 32.2. The number of halogens is 1. The molecule has 0 radical (unpaired) electrons. The predicted molar refractivity (Wildman–Crippen MR) is 75.6 cm³/mol. The summed E-state index contributed by atoms with van der Waals surface area (Å²) in [6.07, 6.45) is 3.95. The van der Waals surface area contributed by atoms with Gasteiger partial charge < -0.3 is 10.1 Å². The van der Waals surface area contributed by atoms with E-state index in [9.17, 15) is 4.39 Å². The number of nitrogens with two attached hydrogens (primary N) is 1. The Hall–Kier alpha value is -2.01. The van der Waals surface area contributed by atoms with E-state index in [4.69, 9.17) is 5.73 Å². The monoisotopic (exact) mass is 273 g/mol.